The van der Waals surface area contributed by atoms with Crippen molar-refractivity contribution in [3.63, 3.8) is 0 Å². The minimum atomic E-state index is -0.310. The van der Waals surface area contributed by atoms with Crippen molar-refractivity contribution in [3.8, 4) is 11.8 Å². The first kappa shape index (κ1) is 27.9. The maximum Gasteiger partial charge on any atom is 0.253 e. The molecule has 2 aliphatic heterocycles. The van der Waals surface area contributed by atoms with E-state index in [4.69, 9.17) is 21.6 Å². The number of ether oxygens (including phenoxy) is 1. The number of aromatic nitrogens is 1. The summed E-state index contributed by atoms with van der Waals surface area (Å²) in [5, 5.41) is 12.7. The number of nitrogens with zero attached hydrogens (tertiary/aromatic N) is 4. The molecule has 1 aliphatic carbocycles. The zero-order valence-corrected chi connectivity index (χ0v) is 24.5. The first-order chi connectivity index (χ1) is 18.5. The molecule has 0 radical (unpaired) electrons. The first-order valence-corrected chi connectivity index (χ1v) is 14.4. The van der Waals surface area contributed by atoms with Crippen molar-refractivity contribution in [3.05, 3.63) is 58.4 Å². The number of hydrogen-bond donors (Lipinski definition) is 1. The highest BCUT2D eigenvalue weighted by atomic mass is 35.5. The third-order valence-electron chi connectivity index (χ3n) is 9.35. The lowest BCUT2D eigenvalue weighted by molar-refractivity contribution is -0.164. The first-order valence-electron chi connectivity index (χ1n) is 14.1. The van der Waals surface area contributed by atoms with Crippen LogP contribution in [0.15, 0.2) is 36.5 Å². The third-order valence-corrected chi connectivity index (χ3v) is 9.66. The molecule has 1 saturated carbocycles. The van der Waals surface area contributed by atoms with Crippen molar-refractivity contribution in [1.82, 2.24) is 20.1 Å². The van der Waals surface area contributed by atoms with Crippen LogP contribution >= 0.6 is 11.6 Å². The van der Waals surface area contributed by atoms with Crippen LogP contribution in [0.5, 0.6) is 5.75 Å². The lowest BCUT2D eigenvalue weighted by atomic mass is 9.49. The molecule has 2 bridgehead atoms. The number of likely N-dealkylation sites (N-methyl/N-ethyl adjacent to an activating group) is 1. The monoisotopic (exact) mass is 549 g/mol. The lowest BCUT2D eigenvalue weighted by Crippen LogP contribution is -2.74. The number of piperazine rings is 1. The number of halogens is 1. The summed E-state index contributed by atoms with van der Waals surface area (Å²) in [6, 6.07) is 12.4. The van der Waals surface area contributed by atoms with Crippen LogP contribution in [0.25, 0.3) is 0 Å². The summed E-state index contributed by atoms with van der Waals surface area (Å²) >= 11 is 6.20. The molecular weight excluding hydrogens is 510 g/mol. The van der Waals surface area contributed by atoms with Crippen molar-refractivity contribution < 1.29 is 9.53 Å². The molecule has 8 heteroatoms. The van der Waals surface area contributed by atoms with Gasteiger partial charge in [0.2, 0.25) is 0 Å². The fourth-order valence-electron chi connectivity index (χ4n) is 7.38. The number of carbonyl (C=O) groups is 1. The Morgan fingerprint density at radius 1 is 1.15 bits per heavy atom. The van der Waals surface area contributed by atoms with Gasteiger partial charge in [-0.1, -0.05) is 39.3 Å². The van der Waals surface area contributed by atoms with E-state index >= 15 is 0 Å². The van der Waals surface area contributed by atoms with Crippen molar-refractivity contribution in [2.24, 2.45) is 10.8 Å². The fourth-order valence-corrected chi connectivity index (χ4v) is 7.60. The highest BCUT2D eigenvalue weighted by Gasteiger charge is 2.64. The molecule has 1 aromatic heterocycles. The topological polar surface area (TPSA) is 81.5 Å². The Balaban J connectivity index is 1.13. The average molecular weight is 550 g/mol. The van der Waals surface area contributed by atoms with Crippen LogP contribution in [-0.2, 0) is 6.42 Å². The summed E-state index contributed by atoms with van der Waals surface area (Å²) < 4.78 is 6.33. The van der Waals surface area contributed by atoms with E-state index in [1.807, 2.05) is 12.1 Å². The summed E-state index contributed by atoms with van der Waals surface area (Å²) in [6.07, 6.45) is 6.22. The third kappa shape index (κ3) is 5.39. The van der Waals surface area contributed by atoms with Crippen LogP contribution in [0.1, 0.15) is 68.6 Å². The molecule has 2 unspecified atom stereocenters. The van der Waals surface area contributed by atoms with E-state index in [1.165, 1.54) is 25.9 Å². The van der Waals surface area contributed by atoms with Gasteiger partial charge in [0.1, 0.15) is 17.9 Å². The van der Waals surface area contributed by atoms with Gasteiger partial charge in [-0.15, -0.1) is 0 Å². The zero-order valence-electron chi connectivity index (χ0n) is 23.7. The largest absolute Gasteiger partial charge is 0.489 e. The molecule has 2 atom stereocenters. The molecule has 1 aromatic carbocycles. The standard InChI is InChI=1S/C31H40ClN5O2/c1-30(2)28(31(3,4)29(30)39-25-13-9-20(16-33)26(32)15-25)35-27(38)21-8-10-22(34-17-21)7-6-14-37-18-23-11-12-24(19-37)36(23)5/h8-10,13,15,17,23-24,28-29H,6-7,11-12,14,18-19H2,1-5H3,(H,35,38). The molecule has 5 rings (SSSR count). The van der Waals surface area contributed by atoms with Crippen LogP contribution in [-0.4, -0.2) is 71.6 Å². The lowest BCUT2D eigenvalue weighted by Gasteiger charge is -2.63. The number of benzene rings is 1. The Morgan fingerprint density at radius 2 is 1.85 bits per heavy atom. The molecule has 39 heavy (non-hydrogen) atoms. The van der Waals surface area contributed by atoms with Gasteiger partial charge in [0.05, 0.1) is 16.1 Å². The van der Waals surface area contributed by atoms with Crippen molar-refractivity contribution in [1.29, 1.82) is 5.26 Å². The summed E-state index contributed by atoms with van der Waals surface area (Å²) in [5.41, 5.74) is 1.40. The normalized spacial score (nSPS) is 27.4. The minimum absolute atomic E-state index is 0.0880. The number of likely N-dealkylation sites (tertiary alicyclic amines) is 1. The summed E-state index contributed by atoms with van der Waals surface area (Å²) in [4.78, 5) is 23.0. The van der Waals surface area contributed by atoms with E-state index in [-0.39, 0.29) is 28.9 Å². The van der Waals surface area contributed by atoms with Crippen LogP contribution in [0, 0.1) is 22.2 Å². The predicted molar refractivity (Wildman–Crippen MR) is 153 cm³/mol. The van der Waals surface area contributed by atoms with E-state index in [9.17, 15) is 4.79 Å². The van der Waals surface area contributed by atoms with Gasteiger partial charge < -0.3 is 15.0 Å². The summed E-state index contributed by atoms with van der Waals surface area (Å²) in [6.45, 7) is 11.9. The van der Waals surface area contributed by atoms with Gasteiger partial charge in [0.15, 0.2) is 0 Å². The Bertz CT molecular complexity index is 1220. The number of amides is 1. The molecule has 1 N–H and O–H groups in total. The second-order valence-corrected chi connectivity index (χ2v) is 13.2. The second kappa shape index (κ2) is 10.7. The molecule has 3 heterocycles. The minimum Gasteiger partial charge on any atom is -0.489 e. The SMILES string of the molecule is CN1C2CCC1CN(CCCc1ccc(C(=O)NC3C(C)(C)C(Oc4ccc(C#N)c(Cl)c4)C3(C)C)cn1)C2. The highest BCUT2D eigenvalue weighted by Crippen LogP contribution is 2.55. The highest BCUT2D eigenvalue weighted by molar-refractivity contribution is 6.31. The number of pyridine rings is 1. The Labute approximate surface area is 237 Å². The van der Waals surface area contributed by atoms with Gasteiger partial charge in [-0.3, -0.25) is 14.7 Å². The van der Waals surface area contributed by atoms with Gasteiger partial charge in [0.25, 0.3) is 5.91 Å². The molecule has 2 aromatic rings. The van der Waals surface area contributed by atoms with Crippen molar-refractivity contribution in [2.45, 2.75) is 77.6 Å². The summed E-state index contributed by atoms with van der Waals surface area (Å²) in [7, 11) is 2.27. The molecular formula is C31H40ClN5O2. The number of rotatable bonds is 8. The van der Waals surface area contributed by atoms with Crippen molar-refractivity contribution in [2.75, 3.05) is 26.7 Å². The van der Waals surface area contributed by atoms with E-state index in [2.05, 4.69) is 60.9 Å². The summed E-state index contributed by atoms with van der Waals surface area (Å²) in [5.74, 6) is 0.502. The maximum atomic E-state index is 13.2. The molecule has 2 saturated heterocycles. The maximum absolute atomic E-state index is 13.2. The van der Waals surface area contributed by atoms with E-state index in [0.717, 1.165) is 37.2 Å². The molecule has 3 aliphatic rings. The van der Waals surface area contributed by atoms with E-state index in [0.29, 0.717) is 21.9 Å². The van der Waals surface area contributed by atoms with Gasteiger partial charge >= 0.3 is 0 Å². The van der Waals surface area contributed by atoms with Gasteiger partial charge in [0, 0.05) is 60.0 Å². The van der Waals surface area contributed by atoms with Crippen LogP contribution in [0.4, 0.5) is 0 Å². The van der Waals surface area contributed by atoms with Gasteiger partial charge in [-0.25, -0.2) is 0 Å². The molecule has 7 nitrogen and oxygen atoms in total. The smallest absolute Gasteiger partial charge is 0.253 e. The quantitative estimate of drug-likeness (QED) is 0.503. The van der Waals surface area contributed by atoms with Crippen molar-refractivity contribution >= 4 is 17.5 Å². The predicted octanol–water partition coefficient (Wildman–Crippen LogP) is 4.93. The Morgan fingerprint density at radius 3 is 2.44 bits per heavy atom. The van der Waals surface area contributed by atoms with E-state index in [1.54, 1.807) is 24.4 Å². The number of hydrogen-bond acceptors (Lipinski definition) is 6. The van der Waals surface area contributed by atoms with Crippen LogP contribution in [0.3, 0.4) is 0 Å². The molecule has 3 fully saturated rings. The number of carbonyl (C=O) groups excluding carboxylic acids is 1. The molecule has 0 spiro atoms. The van der Waals surface area contributed by atoms with Crippen LogP contribution in [0.2, 0.25) is 5.02 Å². The Hall–Kier alpha value is -2.66. The number of aryl methyl sites for hydroxylation is 1. The average Bonchev–Trinajstić information content (AvgIpc) is 3.10. The van der Waals surface area contributed by atoms with Crippen LogP contribution < -0.4 is 10.1 Å². The molecule has 208 valence electrons. The second-order valence-electron chi connectivity index (χ2n) is 12.8. The number of fused-ring (bicyclic) bond motifs is 2. The van der Waals surface area contributed by atoms with Gasteiger partial charge in [-0.05, 0) is 63.5 Å². The van der Waals surface area contributed by atoms with Gasteiger partial charge in [-0.2, -0.15) is 5.26 Å². The Kier molecular flexibility index (Phi) is 7.67. The number of nitrogens with one attached hydrogen (secondary N) is 1. The fraction of sp³-hybridized carbons (Fsp3) is 0.581. The van der Waals surface area contributed by atoms with E-state index < -0.39 is 0 Å². The zero-order chi connectivity index (χ0) is 27.9. The molecule has 1 amide bonds. The number of nitriles is 1.